The molecular weight excluding hydrogens is 694 g/mol. The van der Waals surface area contributed by atoms with Gasteiger partial charge < -0.3 is 19.3 Å². The van der Waals surface area contributed by atoms with Crippen molar-refractivity contribution in [3.8, 4) is 0 Å². The maximum Gasteiger partial charge on any atom is 3.00 e. The summed E-state index contributed by atoms with van der Waals surface area (Å²) < 4.78 is 14.1. The van der Waals surface area contributed by atoms with Gasteiger partial charge in [-0.25, -0.2) is 0 Å². The molecule has 0 atom stereocenters. The van der Waals surface area contributed by atoms with Gasteiger partial charge in [0, 0.05) is 18.9 Å². The largest absolute Gasteiger partial charge is 3.00 e. The predicted octanol–water partition coefficient (Wildman–Crippen LogP) is 11.1. The third kappa shape index (κ3) is 25.2. The fourth-order valence-corrected chi connectivity index (χ4v) is 14.1. The van der Waals surface area contributed by atoms with Crippen LogP contribution in [0.5, 0.6) is 0 Å². The van der Waals surface area contributed by atoms with E-state index < -0.39 is 35.8 Å². The van der Waals surface area contributed by atoms with E-state index in [1.807, 2.05) is 50.3 Å². The molecule has 1 saturated heterocycles. The molecule has 1 fully saturated rings. The maximum absolute atomic E-state index is 4.96. The summed E-state index contributed by atoms with van der Waals surface area (Å²) in [5.41, 5.74) is 6.63. The molecule has 0 bridgehead atoms. The van der Waals surface area contributed by atoms with E-state index in [1.54, 1.807) is 0 Å². The molecule has 1 aliphatic heterocycles. The molecule has 2 aromatic rings. The van der Waals surface area contributed by atoms with Crippen molar-refractivity contribution in [3.05, 3.63) is 86.0 Å². The van der Waals surface area contributed by atoms with Gasteiger partial charge in [-0.3, -0.25) is 4.99 Å². The summed E-state index contributed by atoms with van der Waals surface area (Å²) >= 11 is 0. The second-order valence-corrected chi connectivity index (χ2v) is 24.2. The zero-order valence-electron chi connectivity index (χ0n) is 31.3. The van der Waals surface area contributed by atoms with Gasteiger partial charge in [-0.15, -0.1) is 5.69 Å². The number of hydrogen-bond donors (Lipinski definition) is 0. The molecule has 2 aromatic carbocycles. The van der Waals surface area contributed by atoms with E-state index in [-0.39, 0.29) is 32.7 Å². The molecule has 5 nitrogen and oxygen atoms in total. The topological polar surface area (TPSA) is 63.9 Å². The molecule has 1 heterocycles. The van der Waals surface area contributed by atoms with Crippen LogP contribution in [-0.4, -0.2) is 54.8 Å². The average Bonchev–Trinajstić information content (AvgIpc) is 3.48. The van der Waals surface area contributed by atoms with Gasteiger partial charge >= 0.3 is 32.7 Å². The van der Waals surface area contributed by atoms with Crippen molar-refractivity contribution < 1.29 is 37.4 Å². The predicted molar refractivity (Wildman–Crippen MR) is 213 cm³/mol. The van der Waals surface area contributed by atoms with Gasteiger partial charge in [0.05, 0.1) is 5.69 Å². The van der Waals surface area contributed by atoms with Gasteiger partial charge in [0.1, 0.15) is 0 Å². The standard InChI is InChI=1S/C23H29N2.2C4H14NSi2.C4H8O.Y/c1-16(2)21-13-10-14-22(17(3)4)23(21)25-19(6)15-18(5)24-20-11-8-7-9-12-20;2*1-6(2)5-7(3)4;1-2-4-5-3-1;/h7-17H,1-6H3;2*6-7H,1-4H3;1-4H2;/q3*-1;;+3/b18-15-,25-19?;;;;. The van der Waals surface area contributed by atoms with E-state index in [2.05, 4.69) is 113 Å². The molecule has 0 saturated carbocycles. The van der Waals surface area contributed by atoms with Crippen LogP contribution in [0.3, 0.4) is 0 Å². The Morgan fingerprint density at radius 3 is 1.42 bits per heavy atom. The zero-order chi connectivity index (χ0) is 33.7. The molecule has 0 radical (unpaired) electrons. The third-order valence-corrected chi connectivity index (χ3v) is 15.7. The smallest absolute Gasteiger partial charge is 0.672 e. The molecule has 0 N–H and O–H groups in total. The first-order valence-electron chi connectivity index (χ1n) is 16.7. The van der Waals surface area contributed by atoms with Crippen LogP contribution in [0.4, 0.5) is 11.4 Å². The molecule has 250 valence electrons. The second kappa shape index (κ2) is 27.5. The minimum absolute atomic E-state index is 0. The number of nitrogens with zero attached hydrogens (tertiary/aromatic N) is 4. The van der Waals surface area contributed by atoms with Crippen LogP contribution in [0.15, 0.2) is 65.3 Å². The third-order valence-electron chi connectivity index (χ3n) is 6.13. The van der Waals surface area contributed by atoms with E-state index in [0.29, 0.717) is 11.8 Å². The number of benzene rings is 2. The number of aliphatic imine (C=N–C) groups is 1. The van der Waals surface area contributed by atoms with Crippen LogP contribution < -0.4 is 0 Å². The Bertz CT molecular complexity index is 1010. The fourth-order valence-electron chi connectivity index (χ4n) is 4.59. The van der Waals surface area contributed by atoms with Gasteiger partial charge in [-0.1, -0.05) is 177 Å². The monoisotopic (exact) mass is 758 g/mol. The zero-order valence-corrected chi connectivity index (χ0v) is 38.7. The SMILES string of the molecule is C1CCOC1.CC(/C=C(/C)[N-]c1ccccc1)=Nc1c(C(C)C)cccc1C(C)C.C[SiH](C)[N-][SiH](C)C.C[SiH](C)[N-][SiH](C)C.[Y+3]. The Kier molecular flexibility index (Phi) is 28.4. The number of hydrogen-bond acceptors (Lipinski definition) is 2. The van der Waals surface area contributed by atoms with Crippen molar-refractivity contribution in [1.82, 2.24) is 0 Å². The molecule has 3 rings (SSSR count). The van der Waals surface area contributed by atoms with Gasteiger partial charge in [-0.05, 0) is 42.7 Å². The second-order valence-electron chi connectivity index (χ2n) is 13.1. The Labute approximate surface area is 310 Å². The van der Waals surface area contributed by atoms with Crippen molar-refractivity contribution in [1.29, 1.82) is 0 Å². The normalized spacial score (nSPS) is 13.2. The number of rotatable bonds is 10. The minimum atomic E-state index is -0.542. The Hall–Kier alpha value is -0.499. The molecule has 0 aromatic heterocycles. The maximum atomic E-state index is 4.96. The summed E-state index contributed by atoms with van der Waals surface area (Å²) in [5, 5.41) is 4.64. The Morgan fingerprint density at radius 1 is 0.689 bits per heavy atom. The van der Waals surface area contributed by atoms with Crippen LogP contribution in [0, 0.1) is 0 Å². The van der Waals surface area contributed by atoms with E-state index >= 15 is 0 Å². The molecule has 0 spiro atoms. The van der Waals surface area contributed by atoms with Crippen molar-refractivity contribution in [2.45, 2.75) is 119 Å². The van der Waals surface area contributed by atoms with Gasteiger partial charge in [0.15, 0.2) is 0 Å². The van der Waals surface area contributed by atoms with Crippen LogP contribution in [-0.2, 0) is 37.4 Å². The van der Waals surface area contributed by atoms with Crippen LogP contribution >= 0.6 is 0 Å². The van der Waals surface area contributed by atoms with Gasteiger partial charge in [-0.2, -0.15) is 5.70 Å². The Balaban J connectivity index is 0. The molecule has 45 heavy (non-hydrogen) atoms. The summed E-state index contributed by atoms with van der Waals surface area (Å²) in [6.07, 6.45) is 4.61. The summed E-state index contributed by atoms with van der Waals surface area (Å²) in [5.74, 6) is 0.897. The molecule has 10 heteroatoms. The van der Waals surface area contributed by atoms with Crippen LogP contribution in [0.2, 0.25) is 52.4 Å². The molecule has 0 aliphatic carbocycles. The van der Waals surface area contributed by atoms with Crippen molar-refractivity contribution >= 4 is 52.9 Å². The molecule has 0 unspecified atom stereocenters. The quantitative estimate of drug-likeness (QED) is 0.176. The van der Waals surface area contributed by atoms with E-state index in [0.717, 1.165) is 36.0 Å². The van der Waals surface area contributed by atoms with E-state index in [9.17, 15) is 0 Å². The first-order valence-corrected chi connectivity index (χ1v) is 28.0. The number of para-hydroxylation sites is 2. The molecule has 0 amide bonds. The number of allylic oxidation sites excluding steroid dienone is 2. The van der Waals surface area contributed by atoms with Crippen molar-refractivity contribution in [3.63, 3.8) is 0 Å². The number of ether oxygens (including phenoxy) is 1. The molecule has 1 aliphatic rings. The summed E-state index contributed by atoms with van der Waals surface area (Å²) in [6, 6.07) is 16.5. The van der Waals surface area contributed by atoms with Crippen LogP contribution in [0.1, 0.15) is 77.3 Å². The molecular formula is C35H65N4OSi4Y. The minimum Gasteiger partial charge on any atom is -0.672 e. The van der Waals surface area contributed by atoms with E-state index in [1.165, 1.54) is 24.0 Å². The summed E-state index contributed by atoms with van der Waals surface area (Å²) in [4.78, 5) is 4.96. The van der Waals surface area contributed by atoms with Gasteiger partial charge in [0.25, 0.3) is 0 Å². The fraction of sp³-hybridized carbons (Fsp3) is 0.571. The van der Waals surface area contributed by atoms with Gasteiger partial charge in [0.2, 0.25) is 0 Å². The average molecular weight is 759 g/mol. The van der Waals surface area contributed by atoms with Crippen LogP contribution in [0.25, 0.3) is 14.6 Å². The van der Waals surface area contributed by atoms with Crippen molar-refractivity contribution in [2.24, 2.45) is 4.99 Å². The Morgan fingerprint density at radius 2 is 1.11 bits per heavy atom. The summed E-state index contributed by atoms with van der Waals surface area (Å²) in [6.45, 7) is 33.1. The summed E-state index contributed by atoms with van der Waals surface area (Å²) in [7, 11) is -2.17. The first-order chi connectivity index (χ1) is 20.6. The van der Waals surface area contributed by atoms with Crippen molar-refractivity contribution in [2.75, 3.05) is 13.2 Å². The van der Waals surface area contributed by atoms with E-state index in [4.69, 9.17) is 9.73 Å². The first kappa shape index (κ1) is 46.6.